The molecule has 2 aliphatic rings. The number of pyridine rings is 1. The van der Waals surface area contributed by atoms with Crippen LogP contribution in [0.2, 0.25) is 0 Å². The molecule has 0 bridgehead atoms. The highest BCUT2D eigenvalue weighted by Crippen LogP contribution is 2.22. The van der Waals surface area contributed by atoms with Gasteiger partial charge in [0.25, 0.3) is 5.91 Å². The first-order chi connectivity index (χ1) is 12.1. The lowest BCUT2D eigenvalue weighted by molar-refractivity contribution is -0.00786. The van der Waals surface area contributed by atoms with Gasteiger partial charge in [-0.1, -0.05) is 0 Å². The van der Waals surface area contributed by atoms with Crippen LogP contribution in [-0.2, 0) is 14.2 Å². The molecule has 1 aromatic rings. The number of morpholine rings is 1. The average Bonchev–Trinajstić information content (AvgIpc) is 2.62. The van der Waals surface area contributed by atoms with E-state index in [1.807, 2.05) is 0 Å². The van der Waals surface area contributed by atoms with Gasteiger partial charge in [0.05, 0.1) is 19.8 Å². The molecule has 136 valence electrons. The van der Waals surface area contributed by atoms with Crippen LogP contribution < -0.4 is 15.6 Å². The molecule has 2 N–H and O–H groups in total. The summed E-state index contributed by atoms with van der Waals surface area (Å²) in [5.74, 6) is -0.623. The zero-order valence-electron chi connectivity index (χ0n) is 13.2. The highest BCUT2D eigenvalue weighted by molar-refractivity contribution is 5.96. The fraction of sp³-hybridized carbons (Fsp3) is 0.500. The van der Waals surface area contributed by atoms with Gasteiger partial charge in [0.1, 0.15) is 12.8 Å². The number of aliphatic hydroxyl groups excluding tert-OH is 1. The standard InChI is InChI=1S/C14H17N3O8/c18-4-6-23-14(21)25-8-24-12-9(19)1-2-17-11(12)13(20)16-3-5-22-7-10(16)15-17/h1-2,10,15,18H,3-8H2. The summed E-state index contributed by atoms with van der Waals surface area (Å²) in [6.45, 7) is -0.0723. The Balaban J connectivity index is 1.76. The van der Waals surface area contributed by atoms with E-state index < -0.39 is 18.4 Å². The Morgan fingerprint density at radius 3 is 3.04 bits per heavy atom. The molecule has 1 fully saturated rings. The maximum Gasteiger partial charge on any atom is 0.511 e. The topological polar surface area (TPSA) is 129 Å². The van der Waals surface area contributed by atoms with Gasteiger partial charge in [0, 0.05) is 18.8 Å². The fourth-order valence-electron chi connectivity index (χ4n) is 2.52. The van der Waals surface area contributed by atoms with Crippen LogP contribution in [0, 0.1) is 0 Å². The Bertz CT molecular complexity index is 719. The molecule has 25 heavy (non-hydrogen) atoms. The van der Waals surface area contributed by atoms with Crippen LogP contribution in [0.5, 0.6) is 5.75 Å². The summed E-state index contributed by atoms with van der Waals surface area (Å²) >= 11 is 0. The number of carbonyl (C=O) groups is 2. The first kappa shape index (κ1) is 17.0. The van der Waals surface area contributed by atoms with Gasteiger partial charge in [-0.15, -0.1) is 0 Å². The number of nitrogens with one attached hydrogen (secondary N) is 1. The van der Waals surface area contributed by atoms with Crippen molar-refractivity contribution < 1.29 is 33.6 Å². The highest BCUT2D eigenvalue weighted by Gasteiger charge is 2.36. The molecule has 0 aromatic carbocycles. The predicted molar refractivity (Wildman–Crippen MR) is 80.7 cm³/mol. The van der Waals surface area contributed by atoms with Gasteiger partial charge in [0.15, 0.2) is 5.69 Å². The smallest absolute Gasteiger partial charge is 0.451 e. The number of aromatic nitrogens is 1. The number of amides is 1. The molecule has 11 nitrogen and oxygen atoms in total. The van der Waals surface area contributed by atoms with Crippen molar-refractivity contribution in [1.29, 1.82) is 0 Å². The minimum absolute atomic E-state index is 0.0120. The third kappa shape index (κ3) is 3.51. The Hall–Kier alpha value is -2.79. The van der Waals surface area contributed by atoms with Gasteiger partial charge in [-0.2, -0.15) is 0 Å². The van der Waals surface area contributed by atoms with E-state index in [2.05, 4.69) is 14.9 Å². The van der Waals surface area contributed by atoms with Crippen molar-refractivity contribution in [2.75, 3.05) is 45.2 Å². The van der Waals surface area contributed by atoms with E-state index in [4.69, 9.17) is 14.6 Å². The third-order valence-electron chi connectivity index (χ3n) is 3.63. The molecule has 0 radical (unpaired) electrons. The molecule has 1 amide bonds. The van der Waals surface area contributed by atoms with Gasteiger partial charge in [-0.3, -0.25) is 14.3 Å². The van der Waals surface area contributed by atoms with E-state index in [1.54, 1.807) is 4.90 Å². The first-order valence-electron chi connectivity index (χ1n) is 7.56. The maximum absolute atomic E-state index is 12.7. The Labute approximate surface area is 141 Å². The van der Waals surface area contributed by atoms with Gasteiger partial charge in [-0.25, -0.2) is 4.79 Å². The van der Waals surface area contributed by atoms with Crippen LogP contribution in [0.15, 0.2) is 17.1 Å². The molecule has 1 unspecified atom stereocenters. The number of nitrogens with zero attached hydrogens (tertiary/aromatic N) is 2. The van der Waals surface area contributed by atoms with Crippen molar-refractivity contribution in [3.05, 3.63) is 28.2 Å². The Morgan fingerprint density at radius 2 is 2.24 bits per heavy atom. The molecular weight excluding hydrogens is 338 g/mol. The van der Waals surface area contributed by atoms with E-state index in [1.165, 1.54) is 16.9 Å². The lowest BCUT2D eigenvalue weighted by atomic mass is 10.2. The predicted octanol–water partition coefficient (Wildman–Crippen LogP) is -1.31. The van der Waals surface area contributed by atoms with E-state index in [-0.39, 0.29) is 36.7 Å². The molecular formula is C14H17N3O8. The average molecular weight is 355 g/mol. The van der Waals surface area contributed by atoms with Gasteiger partial charge in [-0.05, 0) is 0 Å². The molecule has 2 aliphatic heterocycles. The number of aliphatic hydroxyl groups is 1. The summed E-state index contributed by atoms with van der Waals surface area (Å²) in [5.41, 5.74) is 2.53. The van der Waals surface area contributed by atoms with Gasteiger partial charge < -0.3 is 34.4 Å². The van der Waals surface area contributed by atoms with Crippen LogP contribution in [0.3, 0.4) is 0 Å². The summed E-state index contributed by atoms with van der Waals surface area (Å²) < 4.78 is 21.0. The summed E-state index contributed by atoms with van der Waals surface area (Å²) in [7, 11) is 0. The number of hydrogen-bond acceptors (Lipinski definition) is 9. The number of fused-ring (bicyclic) bond motifs is 2. The van der Waals surface area contributed by atoms with Crippen molar-refractivity contribution in [3.8, 4) is 5.75 Å². The quantitative estimate of drug-likeness (QED) is 0.488. The molecule has 0 aliphatic carbocycles. The summed E-state index contributed by atoms with van der Waals surface area (Å²) in [5, 5.41) is 8.55. The van der Waals surface area contributed by atoms with Crippen LogP contribution in [-0.4, -0.2) is 72.7 Å². The normalized spacial score (nSPS) is 18.7. The van der Waals surface area contributed by atoms with Crippen LogP contribution in [0.1, 0.15) is 10.5 Å². The Kier molecular flexibility index (Phi) is 5.05. The third-order valence-corrected chi connectivity index (χ3v) is 3.63. The van der Waals surface area contributed by atoms with Crippen molar-refractivity contribution in [1.82, 2.24) is 9.58 Å². The van der Waals surface area contributed by atoms with E-state index in [0.29, 0.717) is 19.8 Å². The zero-order valence-corrected chi connectivity index (χ0v) is 13.2. The number of ether oxygens (including phenoxy) is 4. The molecule has 1 aromatic heterocycles. The SMILES string of the molecule is O=C(OCCO)OCOc1c2n(ccc1=O)NC1COCCN1C2=O. The van der Waals surface area contributed by atoms with Crippen molar-refractivity contribution in [2.45, 2.75) is 6.17 Å². The lowest BCUT2D eigenvalue weighted by Crippen LogP contribution is -2.59. The largest absolute Gasteiger partial charge is 0.511 e. The molecule has 0 spiro atoms. The van der Waals surface area contributed by atoms with Crippen molar-refractivity contribution >= 4 is 12.1 Å². The second-order valence-electron chi connectivity index (χ2n) is 5.17. The van der Waals surface area contributed by atoms with Crippen molar-refractivity contribution in [3.63, 3.8) is 0 Å². The van der Waals surface area contributed by atoms with Crippen LogP contribution >= 0.6 is 0 Å². The summed E-state index contributed by atoms with van der Waals surface area (Å²) in [4.78, 5) is 37.5. The Morgan fingerprint density at radius 1 is 1.40 bits per heavy atom. The van der Waals surface area contributed by atoms with E-state index in [9.17, 15) is 14.4 Å². The van der Waals surface area contributed by atoms with Crippen LogP contribution in [0.25, 0.3) is 0 Å². The van der Waals surface area contributed by atoms with Gasteiger partial charge in [0.2, 0.25) is 18.0 Å². The van der Waals surface area contributed by atoms with E-state index in [0.717, 1.165) is 0 Å². The molecule has 1 atom stereocenters. The number of rotatable bonds is 5. The summed E-state index contributed by atoms with van der Waals surface area (Å²) in [6.07, 6.45) is 0.0236. The minimum Gasteiger partial charge on any atom is -0.451 e. The van der Waals surface area contributed by atoms with E-state index >= 15 is 0 Å². The highest BCUT2D eigenvalue weighted by atomic mass is 16.8. The molecule has 0 saturated carbocycles. The molecule has 3 heterocycles. The monoisotopic (exact) mass is 355 g/mol. The molecule has 1 saturated heterocycles. The first-order valence-corrected chi connectivity index (χ1v) is 7.56. The maximum atomic E-state index is 12.7. The lowest BCUT2D eigenvalue weighted by Gasteiger charge is -2.41. The minimum atomic E-state index is -1.06. The van der Waals surface area contributed by atoms with Crippen LogP contribution in [0.4, 0.5) is 4.79 Å². The number of hydrogen-bond donors (Lipinski definition) is 2. The second kappa shape index (κ2) is 7.40. The van der Waals surface area contributed by atoms with Crippen molar-refractivity contribution in [2.24, 2.45) is 0 Å². The fourth-order valence-corrected chi connectivity index (χ4v) is 2.52. The summed E-state index contributed by atoms with van der Waals surface area (Å²) in [6, 6.07) is 1.22. The molecule has 3 rings (SSSR count). The second-order valence-corrected chi connectivity index (χ2v) is 5.17. The zero-order chi connectivity index (χ0) is 17.8. The molecule has 11 heteroatoms. The van der Waals surface area contributed by atoms with Gasteiger partial charge >= 0.3 is 6.16 Å². The number of carbonyl (C=O) groups excluding carboxylic acids is 2.